The third-order valence-electron chi connectivity index (χ3n) is 4.17. The van der Waals surface area contributed by atoms with Gasteiger partial charge in [-0.15, -0.1) is 0 Å². The number of rotatable bonds is 5. The van der Waals surface area contributed by atoms with Crippen molar-refractivity contribution in [3.05, 3.63) is 48.3 Å². The van der Waals surface area contributed by atoms with Crippen LogP contribution in [0.25, 0.3) is 5.69 Å². The maximum absolute atomic E-state index is 12.7. The topological polar surface area (TPSA) is 50.6 Å². The van der Waals surface area contributed by atoms with Gasteiger partial charge in [0.15, 0.2) is 0 Å². The van der Waals surface area contributed by atoms with Gasteiger partial charge < -0.3 is 14.5 Å². The predicted molar refractivity (Wildman–Crippen MR) is 92.4 cm³/mol. The van der Waals surface area contributed by atoms with E-state index < -0.39 is 0 Å². The molecule has 0 bridgehead atoms. The standard InChI is InChI=1S/C18H24N4O2/c1-20(2)9-8-17-14-21(10-11-24-17)18(23)15-12-19-22(13-15)16-6-4-3-5-7-16/h3-7,12-13,17H,8-11,14H2,1-2H3. The fourth-order valence-corrected chi connectivity index (χ4v) is 2.82. The van der Waals surface area contributed by atoms with Crippen molar-refractivity contribution in [2.75, 3.05) is 40.3 Å². The lowest BCUT2D eigenvalue weighted by Gasteiger charge is -2.33. The van der Waals surface area contributed by atoms with Gasteiger partial charge >= 0.3 is 0 Å². The van der Waals surface area contributed by atoms with Gasteiger partial charge in [-0.1, -0.05) is 18.2 Å². The molecule has 1 unspecified atom stereocenters. The van der Waals surface area contributed by atoms with E-state index in [4.69, 9.17) is 4.74 Å². The van der Waals surface area contributed by atoms with Gasteiger partial charge in [0.1, 0.15) is 0 Å². The summed E-state index contributed by atoms with van der Waals surface area (Å²) in [5, 5.41) is 4.31. The van der Waals surface area contributed by atoms with E-state index in [1.54, 1.807) is 17.1 Å². The molecule has 128 valence electrons. The number of aromatic nitrogens is 2. The Morgan fingerprint density at radius 1 is 1.33 bits per heavy atom. The second-order valence-corrected chi connectivity index (χ2v) is 6.35. The molecule has 1 atom stereocenters. The third kappa shape index (κ3) is 4.01. The second-order valence-electron chi connectivity index (χ2n) is 6.35. The summed E-state index contributed by atoms with van der Waals surface area (Å²) in [6.07, 6.45) is 4.47. The molecule has 3 rings (SSSR count). The first kappa shape index (κ1) is 16.7. The zero-order chi connectivity index (χ0) is 16.9. The minimum atomic E-state index is 0.0235. The van der Waals surface area contributed by atoms with Crippen LogP contribution < -0.4 is 0 Å². The van der Waals surface area contributed by atoms with E-state index in [1.807, 2.05) is 49.3 Å². The zero-order valence-electron chi connectivity index (χ0n) is 14.3. The van der Waals surface area contributed by atoms with E-state index in [2.05, 4.69) is 10.00 Å². The smallest absolute Gasteiger partial charge is 0.257 e. The molecule has 24 heavy (non-hydrogen) atoms. The Balaban J connectivity index is 1.65. The Kier molecular flexibility index (Phi) is 5.27. The largest absolute Gasteiger partial charge is 0.374 e. The summed E-state index contributed by atoms with van der Waals surface area (Å²) in [5.74, 6) is 0.0235. The molecule has 0 saturated carbocycles. The molecule has 2 aromatic rings. The Morgan fingerprint density at radius 3 is 2.88 bits per heavy atom. The number of benzene rings is 1. The quantitative estimate of drug-likeness (QED) is 0.838. The van der Waals surface area contributed by atoms with Crippen LogP contribution in [0.1, 0.15) is 16.8 Å². The van der Waals surface area contributed by atoms with Gasteiger partial charge in [0.2, 0.25) is 0 Å². The molecule has 0 aliphatic carbocycles. The first-order valence-electron chi connectivity index (χ1n) is 8.29. The number of amides is 1. The van der Waals surface area contributed by atoms with Gasteiger partial charge in [-0.2, -0.15) is 5.10 Å². The van der Waals surface area contributed by atoms with Gasteiger partial charge in [0.25, 0.3) is 5.91 Å². The van der Waals surface area contributed by atoms with Crippen LogP contribution in [0.4, 0.5) is 0 Å². The zero-order valence-corrected chi connectivity index (χ0v) is 14.3. The number of ether oxygens (including phenoxy) is 1. The van der Waals surface area contributed by atoms with Crippen molar-refractivity contribution in [3.63, 3.8) is 0 Å². The highest BCUT2D eigenvalue weighted by Gasteiger charge is 2.25. The van der Waals surface area contributed by atoms with Crippen LogP contribution in [0.2, 0.25) is 0 Å². The number of hydrogen-bond acceptors (Lipinski definition) is 4. The van der Waals surface area contributed by atoms with Gasteiger partial charge in [0.05, 0.1) is 30.2 Å². The average molecular weight is 328 g/mol. The van der Waals surface area contributed by atoms with Crippen LogP contribution in [0.15, 0.2) is 42.7 Å². The summed E-state index contributed by atoms with van der Waals surface area (Å²) >= 11 is 0. The summed E-state index contributed by atoms with van der Waals surface area (Å²) in [7, 11) is 4.09. The lowest BCUT2D eigenvalue weighted by molar-refractivity contribution is -0.0269. The average Bonchev–Trinajstić information content (AvgIpc) is 3.10. The third-order valence-corrected chi connectivity index (χ3v) is 4.17. The lowest BCUT2D eigenvalue weighted by atomic mass is 10.2. The Morgan fingerprint density at radius 2 is 2.12 bits per heavy atom. The number of nitrogens with zero attached hydrogens (tertiary/aromatic N) is 4. The van der Waals surface area contributed by atoms with Crippen molar-refractivity contribution in [1.82, 2.24) is 19.6 Å². The van der Waals surface area contributed by atoms with Crippen molar-refractivity contribution >= 4 is 5.91 Å². The first-order valence-corrected chi connectivity index (χ1v) is 8.29. The van der Waals surface area contributed by atoms with E-state index in [0.717, 1.165) is 18.7 Å². The first-order chi connectivity index (χ1) is 11.6. The molecule has 1 fully saturated rings. The molecule has 2 heterocycles. The Bertz CT molecular complexity index is 669. The molecule has 0 spiro atoms. The fraction of sp³-hybridized carbons (Fsp3) is 0.444. The van der Waals surface area contributed by atoms with Crippen LogP contribution >= 0.6 is 0 Å². The van der Waals surface area contributed by atoms with Crippen LogP contribution in [-0.2, 0) is 4.74 Å². The molecule has 1 saturated heterocycles. The van der Waals surface area contributed by atoms with Gasteiger partial charge in [-0.05, 0) is 32.6 Å². The second kappa shape index (κ2) is 7.59. The number of carbonyl (C=O) groups excluding carboxylic acids is 1. The van der Waals surface area contributed by atoms with E-state index in [0.29, 0.717) is 25.3 Å². The number of para-hydroxylation sites is 1. The highest BCUT2D eigenvalue weighted by atomic mass is 16.5. The van der Waals surface area contributed by atoms with Crippen molar-refractivity contribution in [2.24, 2.45) is 0 Å². The summed E-state index contributed by atoms with van der Waals surface area (Å²) in [6.45, 7) is 2.83. The Labute approximate surface area is 142 Å². The maximum Gasteiger partial charge on any atom is 0.257 e. The Hall–Kier alpha value is -2.18. The van der Waals surface area contributed by atoms with E-state index >= 15 is 0 Å². The summed E-state index contributed by atoms with van der Waals surface area (Å²) in [4.78, 5) is 16.7. The van der Waals surface area contributed by atoms with Crippen LogP contribution in [0.5, 0.6) is 0 Å². The number of carbonyl (C=O) groups is 1. The van der Waals surface area contributed by atoms with Gasteiger partial charge in [-0.25, -0.2) is 4.68 Å². The van der Waals surface area contributed by atoms with Crippen molar-refractivity contribution in [3.8, 4) is 5.69 Å². The molecule has 6 heteroatoms. The minimum Gasteiger partial charge on any atom is -0.374 e. The summed E-state index contributed by atoms with van der Waals surface area (Å²) in [5.41, 5.74) is 1.56. The summed E-state index contributed by atoms with van der Waals surface area (Å²) < 4.78 is 7.51. The molecular formula is C18H24N4O2. The maximum atomic E-state index is 12.7. The van der Waals surface area contributed by atoms with E-state index in [9.17, 15) is 4.79 Å². The summed E-state index contributed by atoms with van der Waals surface area (Å²) in [6, 6.07) is 9.80. The van der Waals surface area contributed by atoms with E-state index in [-0.39, 0.29) is 12.0 Å². The van der Waals surface area contributed by atoms with Crippen molar-refractivity contribution in [2.45, 2.75) is 12.5 Å². The molecule has 1 aliphatic heterocycles. The minimum absolute atomic E-state index is 0.0235. The fourth-order valence-electron chi connectivity index (χ4n) is 2.82. The molecule has 1 amide bonds. The SMILES string of the molecule is CN(C)CCC1CN(C(=O)c2cnn(-c3ccccc3)c2)CCO1. The molecular weight excluding hydrogens is 304 g/mol. The molecule has 0 radical (unpaired) electrons. The van der Waals surface area contributed by atoms with Crippen LogP contribution in [-0.4, -0.2) is 71.9 Å². The van der Waals surface area contributed by atoms with E-state index in [1.165, 1.54) is 0 Å². The molecule has 1 aromatic heterocycles. The van der Waals surface area contributed by atoms with Gasteiger partial charge in [-0.3, -0.25) is 4.79 Å². The predicted octanol–water partition coefficient (Wildman–Crippen LogP) is 1.66. The highest BCUT2D eigenvalue weighted by molar-refractivity contribution is 5.93. The molecule has 1 aromatic carbocycles. The van der Waals surface area contributed by atoms with Crippen LogP contribution in [0.3, 0.4) is 0 Å². The number of morpholine rings is 1. The lowest BCUT2D eigenvalue weighted by Crippen LogP contribution is -2.46. The number of hydrogen-bond donors (Lipinski definition) is 0. The highest BCUT2D eigenvalue weighted by Crippen LogP contribution is 2.14. The van der Waals surface area contributed by atoms with Crippen molar-refractivity contribution < 1.29 is 9.53 Å². The monoisotopic (exact) mass is 328 g/mol. The normalized spacial score (nSPS) is 18.1. The molecule has 6 nitrogen and oxygen atoms in total. The molecule has 0 N–H and O–H groups in total. The van der Waals surface area contributed by atoms with Crippen LogP contribution in [0, 0.1) is 0 Å². The molecule has 1 aliphatic rings. The van der Waals surface area contributed by atoms with Crippen molar-refractivity contribution in [1.29, 1.82) is 0 Å². The van der Waals surface area contributed by atoms with Gasteiger partial charge in [0, 0.05) is 25.8 Å².